The van der Waals surface area contributed by atoms with Crippen LogP contribution in [0.2, 0.25) is 0 Å². The summed E-state index contributed by atoms with van der Waals surface area (Å²) in [5.74, 6) is -0.390. The average Bonchev–Trinajstić information content (AvgIpc) is 2.62. The minimum absolute atomic E-state index is 0.0229. The van der Waals surface area contributed by atoms with Crippen LogP contribution >= 0.6 is 23.2 Å². The van der Waals surface area contributed by atoms with Crippen molar-refractivity contribution in [1.82, 2.24) is 4.90 Å². The lowest BCUT2D eigenvalue weighted by molar-refractivity contribution is -0.131. The van der Waals surface area contributed by atoms with Crippen molar-refractivity contribution in [1.29, 1.82) is 0 Å². The molecule has 1 aromatic carbocycles. The lowest BCUT2D eigenvalue weighted by atomic mass is 10.1. The van der Waals surface area contributed by atoms with Crippen molar-refractivity contribution < 1.29 is 9.90 Å². The second-order valence-corrected chi connectivity index (χ2v) is 5.26. The van der Waals surface area contributed by atoms with E-state index >= 15 is 0 Å². The highest BCUT2D eigenvalue weighted by molar-refractivity contribution is 6.49. The lowest BCUT2D eigenvalue weighted by Crippen LogP contribution is -2.35. The number of carbonyl (C=O) groups excluding carboxylic acids is 1. The Morgan fingerprint density at radius 2 is 1.84 bits per heavy atom. The van der Waals surface area contributed by atoms with Gasteiger partial charge in [0.05, 0.1) is 5.03 Å². The Morgan fingerprint density at radius 1 is 1.16 bits per heavy atom. The number of aliphatic hydroxyl groups is 1. The molecule has 0 fully saturated rings. The molecule has 1 atom stereocenters. The second kappa shape index (κ2) is 6.42. The summed E-state index contributed by atoms with van der Waals surface area (Å²) in [6.07, 6.45) is 1.61. The predicted octanol–water partition coefficient (Wildman–Crippen LogP) is 2.86. The fourth-order valence-corrected chi connectivity index (χ4v) is 2.47. The van der Waals surface area contributed by atoms with Crippen molar-refractivity contribution in [3.63, 3.8) is 0 Å². The fraction of sp³-hybridized carbons (Fsp3) is 0.357. The molecule has 1 amide bonds. The van der Waals surface area contributed by atoms with E-state index in [2.05, 4.69) is 12.1 Å². The summed E-state index contributed by atoms with van der Waals surface area (Å²) in [4.78, 5) is 13.0. The second-order valence-electron chi connectivity index (χ2n) is 4.48. The molecule has 1 unspecified atom stereocenters. The van der Waals surface area contributed by atoms with Gasteiger partial charge in [-0.2, -0.15) is 0 Å². The minimum Gasteiger partial charge on any atom is -0.368 e. The van der Waals surface area contributed by atoms with Gasteiger partial charge in [0.2, 0.25) is 0 Å². The molecule has 0 saturated heterocycles. The van der Waals surface area contributed by atoms with Crippen molar-refractivity contribution in [2.45, 2.75) is 25.5 Å². The van der Waals surface area contributed by atoms with Gasteiger partial charge >= 0.3 is 0 Å². The Hall–Kier alpha value is -1.03. The van der Waals surface area contributed by atoms with Gasteiger partial charge in [-0.05, 0) is 24.8 Å². The topological polar surface area (TPSA) is 40.5 Å². The Bertz CT molecular complexity index is 487. The van der Waals surface area contributed by atoms with Crippen molar-refractivity contribution >= 4 is 29.1 Å². The van der Waals surface area contributed by atoms with Crippen molar-refractivity contribution in [3.8, 4) is 0 Å². The fourth-order valence-electron chi connectivity index (χ4n) is 2.07. The summed E-state index contributed by atoms with van der Waals surface area (Å²) < 4.78 is 0. The van der Waals surface area contributed by atoms with E-state index in [4.69, 9.17) is 23.2 Å². The number of hydrogen-bond acceptors (Lipinski definition) is 2. The van der Waals surface area contributed by atoms with Crippen molar-refractivity contribution in [2.24, 2.45) is 0 Å². The van der Waals surface area contributed by atoms with Gasteiger partial charge in [0.15, 0.2) is 6.23 Å². The van der Waals surface area contributed by atoms with Gasteiger partial charge in [-0.3, -0.25) is 4.79 Å². The zero-order valence-corrected chi connectivity index (χ0v) is 11.9. The van der Waals surface area contributed by atoms with Crippen LogP contribution in [0.25, 0.3) is 0 Å². The Morgan fingerprint density at radius 3 is 2.42 bits per heavy atom. The quantitative estimate of drug-likeness (QED) is 0.849. The summed E-state index contributed by atoms with van der Waals surface area (Å²) in [6, 6.07) is 10.1. The van der Waals surface area contributed by atoms with Crippen LogP contribution in [0, 0.1) is 0 Å². The third-order valence-corrected chi connectivity index (χ3v) is 3.98. The number of hydrogen-bond donors (Lipinski definition) is 1. The van der Waals surface area contributed by atoms with Gasteiger partial charge in [0, 0.05) is 6.54 Å². The van der Waals surface area contributed by atoms with Crippen LogP contribution in [-0.2, 0) is 11.2 Å². The highest BCUT2D eigenvalue weighted by Crippen LogP contribution is 2.30. The van der Waals surface area contributed by atoms with Gasteiger partial charge in [-0.25, -0.2) is 0 Å². The molecule has 2 rings (SSSR count). The maximum atomic E-state index is 11.7. The number of aryl methyl sites for hydroxylation is 1. The molecule has 0 aliphatic carbocycles. The smallest absolute Gasteiger partial charge is 0.269 e. The van der Waals surface area contributed by atoms with Crippen LogP contribution in [0.5, 0.6) is 0 Å². The number of aliphatic hydroxyl groups excluding tert-OH is 1. The van der Waals surface area contributed by atoms with Gasteiger partial charge in [-0.15, -0.1) is 0 Å². The van der Waals surface area contributed by atoms with Crippen LogP contribution < -0.4 is 0 Å². The molecule has 0 bridgehead atoms. The largest absolute Gasteiger partial charge is 0.368 e. The normalized spacial score (nSPS) is 19.4. The first kappa shape index (κ1) is 14.4. The number of halogens is 2. The first-order chi connectivity index (χ1) is 9.11. The molecule has 102 valence electrons. The molecule has 1 N–H and O–H groups in total. The van der Waals surface area contributed by atoms with E-state index in [0.717, 1.165) is 19.3 Å². The molecule has 0 aromatic heterocycles. The van der Waals surface area contributed by atoms with E-state index in [0.29, 0.717) is 6.54 Å². The van der Waals surface area contributed by atoms with E-state index in [-0.39, 0.29) is 16.0 Å². The molecular formula is C14H15Cl2NO2. The third-order valence-electron chi connectivity index (χ3n) is 3.14. The lowest BCUT2D eigenvalue weighted by Gasteiger charge is -2.20. The summed E-state index contributed by atoms with van der Waals surface area (Å²) in [5, 5.41) is 9.70. The first-order valence-corrected chi connectivity index (χ1v) is 6.95. The Balaban J connectivity index is 1.77. The summed E-state index contributed by atoms with van der Waals surface area (Å²) in [7, 11) is 0. The van der Waals surface area contributed by atoms with Crippen molar-refractivity contribution in [3.05, 3.63) is 46.0 Å². The molecule has 1 heterocycles. The molecule has 5 heteroatoms. The van der Waals surface area contributed by atoms with Gasteiger partial charge in [-0.1, -0.05) is 53.5 Å². The van der Waals surface area contributed by atoms with Crippen LogP contribution in [0.4, 0.5) is 0 Å². The maximum Gasteiger partial charge on any atom is 0.269 e. The van der Waals surface area contributed by atoms with E-state index in [1.54, 1.807) is 0 Å². The Kier molecular flexibility index (Phi) is 4.86. The minimum atomic E-state index is -1.08. The molecule has 3 nitrogen and oxygen atoms in total. The predicted molar refractivity (Wildman–Crippen MR) is 75.8 cm³/mol. The molecule has 0 saturated carbocycles. The number of rotatable bonds is 5. The highest BCUT2D eigenvalue weighted by atomic mass is 35.5. The number of unbranched alkanes of at least 4 members (excludes halogenated alkanes) is 1. The summed E-state index contributed by atoms with van der Waals surface area (Å²) in [6.45, 7) is 0.458. The third kappa shape index (κ3) is 3.30. The van der Waals surface area contributed by atoms with E-state index in [1.807, 2.05) is 18.2 Å². The van der Waals surface area contributed by atoms with Gasteiger partial charge < -0.3 is 10.0 Å². The SMILES string of the molecule is O=C1C(Cl)=C(Cl)C(O)N1CCCCc1ccccc1. The van der Waals surface area contributed by atoms with E-state index in [1.165, 1.54) is 10.5 Å². The molecule has 0 radical (unpaired) electrons. The van der Waals surface area contributed by atoms with Gasteiger partial charge in [0.25, 0.3) is 5.91 Å². The number of nitrogens with zero attached hydrogens (tertiary/aromatic N) is 1. The Labute approximate surface area is 122 Å². The zero-order valence-electron chi connectivity index (χ0n) is 10.4. The maximum absolute atomic E-state index is 11.7. The van der Waals surface area contributed by atoms with E-state index < -0.39 is 6.23 Å². The molecule has 1 aliphatic heterocycles. The number of benzene rings is 1. The average molecular weight is 300 g/mol. The zero-order chi connectivity index (χ0) is 13.8. The summed E-state index contributed by atoms with van der Waals surface area (Å²) in [5.41, 5.74) is 1.27. The molecule has 19 heavy (non-hydrogen) atoms. The number of amides is 1. The van der Waals surface area contributed by atoms with Crippen LogP contribution in [0.15, 0.2) is 40.4 Å². The van der Waals surface area contributed by atoms with Gasteiger partial charge in [0.1, 0.15) is 5.03 Å². The van der Waals surface area contributed by atoms with Crippen LogP contribution in [-0.4, -0.2) is 28.7 Å². The highest BCUT2D eigenvalue weighted by Gasteiger charge is 2.35. The number of carbonyl (C=O) groups is 1. The standard InChI is InChI=1S/C14H15Cl2NO2/c15-11-12(16)14(19)17(13(11)18)9-5-4-8-10-6-2-1-3-7-10/h1-3,6-7,13,18H,4-5,8-9H2. The molecule has 0 spiro atoms. The first-order valence-electron chi connectivity index (χ1n) is 6.19. The summed E-state index contributed by atoms with van der Waals surface area (Å²) >= 11 is 11.5. The van der Waals surface area contributed by atoms with Crippen molar-refractivity contribution in [2.75, 3.05) is 6.54 Å². The molecule has 1 aliphatic rings. The monoisotopic (exact) mass is 299 g/mol. The van der Waals surface area contributed by atoms with E-state index in [9.17, 15) is 9.90 Å². The molecular weight excluding hydrogens is 285 g/mol. The van der Waals surface area contributed by atoms with Crippen LogP contribution in [0.1, 0.15) is 18.4 Å². The van der Waals surface area contributed by atoms with Crippen LogP contribution in [0.3, 0.4) is 0 Å². The molecule has 1 aromatic rings.